The number of hydrogen-bond acceptors (Lipinski definition) is 6. The molecule has 0 radical (unpaired) electrons. The van der Waals surface area contributed by atoms with Gasteiger partial charge in [0.25, 0.3) is 0 Å². The second kappa shape index (κ2) is 8.42. The smallest absolute Gasteiger partial charge is 0.150 e. The van der Waals surface area contributed by atoms with Crippen molar-refractivity contribution in [1.29, 1.82) is 0 Å². The van der Waals surface area contributed by atoms with Crippen LogP contribution in [0.2, 0.25) is 0 Å². The highest BCUT2D eigenvalue weighted by Crippen LogP contribution is 2.32. The summed E-state index contributed by atoms with van der Waals surface area (Å²) in [7, 11) is 0. The number of ether oxygens (including phenoxy) is 2. The summed E-state index contributed by atoms with van der Waals surface area (Å²) in [5, 5.41) is 0. The van der Waals surface area contributed by atoms with E-state index in [-0.39, 0.29) is 12.3 Å². The van der Waals surface area contributed by atoms with Gasteiger partial charge >= 0.3 is 0 Å². The Morgan fingerprint density at radius 1 is 0.542 bits per heavy atom. The molecule has 0 fully saturated rings. The van der Waals surface area contributed by atoms with E-state index in [1.807, 2.05) is 54.6 Å². The van der Waals surface area contributed by atoms with E-state index in [9.17, 15) is 0 Å². The maximum atomic E-state index is 5.88. The van der Waals surface area contributed by atoms with Crippen molar-refractivity contribution in [2.24, 2.45) is 0 Å². The maximum absolute atomic E-state index is 5.88. The Labute approximate surface area is 141 Å². The Hall–Kier alpha value is -3.22. The fourth-order valence-electron chi connectivity index (χ4n) is 2.00. The van der Waals surface area contributed by atoms with Crippen LogP contribution in [-0.4, -0.2) is 0 Å². The molecule has 0 spiro atoms. The van der Waals surface area contributed by atoms with Gasteiger partial charge < -0.3 is 33.2 Å². The average Bonchev–Trinajstić information content (AvgIpc) is 2.52. The zero-order chi connectivity index (χ0) is 15.4. The Kier molecular flexibility index (Phi) is 6.61. The van der Waals surface area contributed by atoms with Crippen LogP contribution in [-0.2, 0) is 0 Å². The number of nitrogens with two attached hydrogens (primary N) is 2. The van der Waals surface area contributed by atoms with Gasteiger partial charge in [-0.1, -0.05) is 30.3 Å². The predicted octanol–water partition coefficient (Wildman–Crippen LogP) is 4.76. The number of hydrogen-bond donors (Lipinski definition) is 4. The molecule has 0 aliphatic heterocycles. The van der Waals surface area contributed by atoms with Gasteiger partial charge in [-0.3, -0.25) is 0 Å². The van der Waals surface area contributed by atoms with Crippen LogP contribution in [0.15, 0.2) is 72.8 Å². The van der Waals surface area contributed by atoms with Crippen molar-refractivity contribution in [3.05, 3.63) is 72.8 Å². The fourth-order valence-corrected chi connectivity index (χ4v) is 2.00. The minimum atomic E-state index is 0. The summed E-state index contributed by atoms with van der Waals surface area (Å²) in [5.41, 5.74) is 12.9. The molecule has 0 atom stereocenters. The Balaban J connectivity index is 0.00000144. The fraction of sp³-hybridized carbons (Fsp3) is 0. The van der Waals surface area contributed by atoms with Gasteiger partial charge in [-0.15, -0.1) is 0 Å². The summed E-state index contributed by atoms with van der Waals surface area (Å²) >= 11 is 0. The van der Waals surface area contributed by atoms with Crippen LogP contribution >= 0.6 is 0 Å². The predicted molar refractivity (Wildman–Crippen MR) is 98.3 cm³/mol. The first kappa shape index (κ1) is 18.8. The van der Waals surface area contributed by atoms with Crippen LogP contribution in [0.3, 0.4) is 0 Å². The van der Waals surface area contributed by atoms with Crippen LogP contribution in [0.4, 0.5) is 11.4 Å². The first-order chi connectivity index (χ1) is 10.7. The molecule has 3 aromatic rings. The Bertz CT molecular complexity index is 730. The summed E-state index contributed by atoms with van der Waals surface area (Å²) in [6.45, 7) is 0. The van der Waals surface area contributed by atoms with Crippen LogP contribution < -0.4 is 33.2 Å². The van der Waals surface area contributed by atoms with Gasteiger partial charge in [0.15, 0.2) is 0 Å². The van der Waals surface area contributed by atoms with Crippen molar-refractivity contribution < 1.29 is 9.47 Å². The minimum Gasteiger partial charge on any atom is -0.455 e. The largest absolute Gasteiger partial charge is 0.455 e. The summed E-state index contributed by atoms with van der Waals surface area (Å²) in [4.78, 5) is 0. The third-order valence-corrected chi connectivity index (χ3v) is 3.10. The normalized spacial score (nSPS) is 9.33. The Morgan fingerprint density at radius 2 is 0.958 bits per heavy atom. The van der Waals surface area contributed by atoms with Crippen molar-refractivity contribution in [3.63, 3.8) is 0 Å². The van der Waals surface area contributed by atoms with Gasteiger partial charge in [0.1, 0.15) is 23.0 Å². The zero-order valence-corrected chi connectivity index (χ0v) is 13.3. The highest BCUT2D eigenvalue weighted by Gasteiger charge is 2.05. The molecule has 0 aliphatic carbocycles. The molecule has 3 aromatic carbocycles. The number of rotatable bonds is 4. The summed E-state index contributed by atoms with van der Waals surface area (Å²) in [6, 6.07) is 22.0. The van der Waals surface area contributed by atoms with Crippen LogP contribution in [0.1, 0.15) is 0 Å². The van der Waals surface area contributed by atoms with Crippen molar-refractivity contribution in [1.82, 2.24) is 12.3 Å². The van der Waals surface area contributed by atoms with E-state index < -0.39 is 0 Å². The molecule has 0 heterocycles. The lowest BCUT2D eigenvalue weighted by Crippen LogP contribution is -1.93. The van der Waals surface area contributed by atoms with Crippen molar-refractivity contribution in [3.8, 4) is 23.0 Å². The van der Waals surface area contributed by atoms with Gasteiger partial charge in [0.2, 0.25) is 0 Å². The second-order valence-corrected chi connectivity index (χ2v) is 4.75. The van der Waals surface area contributed by atoms with Crippen LogP contribution in [0, 0.1) is 0 Å². The molecular weight excluding hydrogens is 304 g/mol. The first-order valence-corrected chi connectivity index (χ1v) is 6.87. The van der Waals surface area contributed by atoms with Crippen LogP contribution in [0.25, 0.3) is 0 Å². The molecule has 0 bridgehead atoms. The van der Waals surface area contributed by atoms with Crippen molar-refractivity contribution in [2.45, 2.75) is 0 Å². The van der Waals surface area contributed by atoms with Crippen molar-refractivity contribution in [2.75, 3.05) is 11.5 Å². The standard InChI is InChI=1S/C18H16N2O2.2H3N/c19-15-8-1-3-10-17(15)21-13-6-5-7-14(12-13)22-18-11-4-2-9-16(18)20;;/h1-12H,19-20H2;2*1H3. The molecule has 0 unspecified atom stereocenters. The van der Waals surface area contributed by atoms with Gasteiger partial charge in [-0.25, -0.2) is 0 Å². The molecule has 0 aromatic heterocycles. The third kappa shape index (κ3) is 4.39. The number of nitrogen functional groups attached to an aromatic ring is 2. The summed E-state index contributed by atoms with van der Waals surface area (Å²) in [5.74, 6) is 2.51. The van der Waals surface area contributed by atoms with E-state index in [4.69, 9.17) is 20.9 Å². The average molecular weight is 326 g/mol. The second-order valence-electron chi connectivity index (χ2n) is 4.75. The molecule has 0 amide bonds. The summed E-state index contributed by atoms with van der Waals surface area (Å²) < 4.78 is 11.6. The molecule has 0 aliphatic rings. The quantitative estimate of drug-likeness (QED) is 0.509. The van der Waals surface area contributed by atoms with Gasteiger partial charge in [0.05, 0.1) is 11.4 Å². The third-order valence-electron chi connectivity index (χ3n) is 3.10. The lowest BCUT2D eigenvalue weighted by Gasteiger charge is -2.11. The Morgan fingerprint density at radius 3 is 1.38 bits per heavy atom. The number of para-hydroxylation sites is 4. The SMILES string of the molecule is N.N.Nc1ccccc1Oc1cccc(Oc2ccccc2N)c1. The highest BCUT2D eigenvalue weighted by molar-refractivity contribution is 5.55. The molecule has 0 saturated heterocycles. The molecule has 10 N–H and O–H groups in total. The molecular formula is C18H22N4O2. The topological polar surface area (TPSA) is 140 Å². The van der Waals surface area contributed by atoms with E-state index in [0.717, 1.165) is 0 Å². The maximum Gasteiger partial charge on any atom is 0.150 e. The lowest BCUT2D eigenvalue weighted by molar-refractivity contribution is 0.462. The van der Waals surface area contributed by atoms with E-state index in [2.05, 4.69) is 0 Å². The first-order valence-electron chi connectivity index (χ1n) is 6.87. The van der Waals surface area contributed by atoms with E-state index in [1.165, 1.54) is 0 Å². The van der Waals surface area contributed by atoms with Crippen molar-refractivity contribution >= 4 is 11.4 Å². The van der Waals surface area contributed by atoms with E-state index >= 15 is 0 Å². The van der Waals surface area contributed by atoms with E-state index in [0.29, 0.717) is 34.4 Å². The van der Waals surface area contributed by atoms with Gasteiger partial charge in [0, 0.05) is 6.07 Å². The molecule has 0 saturated carbocycles. The summed E-state index contributed by atoms with van der Waals surface area (Å²) in [6.07, 6.45) is 0. The number of benzene rings is 3. The van der Waals surface area contributed by atoms with E-state index in [1.54, 1.807) is 18.2 Å². The number of anilines is 2. The van der Waals surface area contributed by atoms with Gasteiger partial charge in [-0.2, -0.15) is 0 Å². The lowest BCUT2D eigenvalue weighted by atomic mass is 10.3. The molecule has 6 heteroatoms. The van der Waals surface area contributed by atoms with Gasteiger partial charge in [-0.05, 0) is 36.4 Å². The minimum absolute atomic E-state index is 0. The highest BCUT2D eigenvalue weighted by atomic mass is 16.5. The molecule has 126 valence electrons. The van der Waals surface area contributed by atoms with Crippen LogP contribution in [0.5, 0.6) is 23.0 Å². The molecule has 3 rings (SSSR count). The monoisotopic (exact) mass is 326 g/mol. The molecule has 24 heavy (non-hydrogen) atoms. The molecule has 6 nitrogen and oxygen atoms in total. The zero-order valence-electron chi connectivity index (χ0n) is 13.3.